The zero-order valence-electron chi connectivity index (χ0n) is 8.85. The zero-order valence-corrected chi connectivity index (χ0v) is 10.4. The monoisotopic (exact) mass is 296 g/mol. The summed E-state index contributed by atoms with van der Waals surface area (Å²) in [5.41, 5.74) is 0.541. The summed E-state index contributed by atoms with van der Waals surface area (Å²) in [4.78, 5) is 10.7. The molecule has 88 valence electrons. The molecule has 0 aliphatic heterocycles. The largest absolute Gasteiger partial charge is 0.380 e. The average molecular weight is 297 g/mol. The molecule has 0 amide bonds. The smallest absolute Gasteiger partial charge is 0.349 e. The van der Waals surface area contributed by atoms with E-state index in [0.717, 1.165) is 0 Å². The summed E-state index contributed by atoms with van der Waals surface area (Å²) in [6.07, 6.45) is 0. The highest BCUT2D eigenvalue weighted by Crippen LogP contribution is 2.02. The van der Waals surface area contributed by atoms with Crippen LogP contribution in [0.25, 0.3) is 0 Å². The molecule has 0 saturated heterocycles. The molecule has 0 bridgehead atoms. The van der Waals surface area contributed by atoms with Crippen molar-refractivity contribution in [3.05, 3.63) is 72.0 Å². The number of carbonyl (C=O) groups is 1. The van der Waals surface area contributed by atoms with Crippen LogP contribution in [-0.2, 0) is 3.83 Å². The molecular formula is C13H10BrFO2. The number of rotatable bonds is 1. The maximum absolute atomic E-state index is 11.9. The molecule has 2 nitrogen and oxygen atoms in total. The predicted octanol–water partition coefficient (Wildman–Crippen LogP) is 3.98. The third-order valence-corrected chi connectivity index (χ3v) is 2.11. The first kappa shape index (κ1) is 13.4. The molecule has 0 heterocycles. The van der Waals surface area contributed by atoms with E-state index in [-0.39, 0.29) is 11.8 Å². The normalized spacial score (nSPS) is 8.82. The summed E-state index contributed by atoms with van der Waals surface area (Å²) in [5, 5.41) is 0. The average Bonchev–Trinajstić information content (AvgIpc) is 2.40. The van der Waals surface area contributed by atoms with Crippen molar-refractivity contribution in [1.82, 2.24) is 0 Å². The minimum atomic E-state index is -0.374. The van der Waals surface area contributed by atoms with Crippen molar-refractivity contribution in [2.24, 2.45) is 0 Å². The zero-order chi connectivity index (χ0) is 12.5. The molecular weight excluding hydrogens is 287 g/mol. The molecule has 0 fully saturated rings. The van der Waals surface area contributed by atoms with Gasteiger partial charge in [0.05, 0.1) is 5.56 Å². The van der Waals surface area contributed by atoms with Crippen LogP contribution in [0, 0.1) is 5.82 Å². The van der Waals surface area contributed by atoms with Gasteiger partial charge in [0, 0.05) is 0 Å². The lowest BCUT2D eigenvalue weighted by molar-refractivity contribution is 0.0782. The molecule has 0 spiro atoms. The Kier molecular flexibility index (Phi) is 5.96. The molecule has 0 atom stereocenters. The third kappa shape index (κ3) is 5.26. The topological polar surface area (TPSA) is 26.3 Å². The van der Waals surface area contributed by atoms with Crippen LogP contribution in [0.2, 0.25) is 0 Å². The second-order valence-electron chi connectivity index (χ2n) is 3.03. The van der Waals surface area contributed by atoms with E-state index < -0.39 is 0 Å². The molecule has 0 N–H and O–H groups in total. The third-order valence-electron chi connectivity index (χ3n) is 1.81. The van der Waals surface area contributed by atoms with Crippen LogP contribution in [0.4, 0.5) is 4.39 Å². The fourth-order valence-corrected chi connectivity index (χ4v) is 1.22. The maximum atomic E-state index is 11.9. The number of hydrogen-bond donors (Lipinski definition) is 0. The van der Waals surface area contributed by atoms with E-state index in [1.807, 2.05) is 6.07 Å². The lowest BCUT2D eigenvalue weighted by Gasteiger charge is -1.92. The van der Waals surface area contributed by atoms with Crippen molar-refractivity contribution in [3.63, 3.8) is 0 Å². The Morgan fingerprint density at radius 3 is 1.76 bits per heavy atom. The fourth-order valence-electron chi connectivity index (χ4n) is 1.03. The van der Waals surface area contributed by atoms with Gasteiger partial charge in [0.1, 0.15) is 5.82 Å². The Bertz CT molecular complexity index is 445. The molecule has 2 aromatic carbocycles. The minimum absolute atomic E-state index is 0.178. The van der Waals surface area contributed by atoms with Gasteiger partial charge >= 0.3 is 5.97 Å². The second kappa shape index (κ2) is 7.57. The van der Waals surface area contributed by atoms with E-state index in [9.17, 15) is 9.18 Å². The Labute approximate surface area is 107 Å². The van der Waals surface area contributed by atoms with Gasteiger partial charge in [-0.05, 0) is 24.3 Å². The fraction of sp³-hybridized carbons (Fsp3) is 0. The van der Waals surface area contributed by atoms with Gasteiger partial charge in [0.25, 0.3) is 0 Å². The van der Waals surface area contributed by atoms with E-state index in [1.165, 1.54) is 12.1 Å². The first-order valence-corrected chi connectivity index (χ1v) is 5.47. The quantitative estimate of drug-likeness (QED) is 0.796. The lowest BCUT2D eigenvalue weighted by atomic mass is 10.2. The van der Waals surface area contributed by atoms with Crippen molar-refractivity contribution >= 4 is 22.2 Å². The molecule has 2 aromatic rings. The van der Waals surface area contributed by atoms with E-state index in [0.29, 0.717) is 5.56 Å². The van der Waals surface area contributed by atoms with E-state index in [1.54, 1.807) is 42.5 Å². The van der Waals surface area contributed by atoms with Crippen LogP contribution in [0.15, 0.2) is 60.7 Å². The maximum Gasteiger partial charge on any atom is 0.349 e. The van der Waals surface area contributed by atoms with E-state index in [4.69, 9.17) is 0 Å². The molecule has 17 heavy (non-hydrogen) atoms. The highest BCUT2D eigenvalue weighted by molar-refractivity contribution is 9.06. The summed E-state index contributed by atoms with van der Waals surface area (Å²) in [5.74, 6) is -0.553. The summed E-state index contributed by atoms with van der Waals surface area (Å²) >= 11 is 2.60. The summed E-state index contributed by atoms with van der Waals surface area (Å²) < 4.78 is 16.2. The van der Waals surface area contributed by atoms with Crippen LogP contribution in [-0.4, -0.2) is 5.97 Å². The van der Waals surface area contributed by atoms with Crippen LogP contribution >= 0.6 is 16.3 Å². The summed E-state index contributed by atoms with van der Waals surface area (Å²) in [6, 6.07) is 16.7. The van der Waals surface area contributed by atoms with Crippen molar-refractivity contribution in [2.45, 2.75) is 0 Å². The standard InChI is InChI=1S/C7H5BrO2.C6H5F/c8-10-7(9)6-4-2-1-3-5-6;7-6-4-2-1-3-5-6/h1-5H;1-5H. The van der Waals surface area contributed by atoms with Crippen molar-refractivity contribution < 1.29 is 13.0 Å². The molecule has 0 aliphatic carbocycles. The van der Waals surface area contributed by atoms with Crippen LogP contribution < -0.4 is 0 Å². The molecule has 0 unspecified atom stereocenters. The number of halogens is 2. The van der Waals surface area contributed by atoms with Gasteiger partial charge in [0.2, 0.25) is 0 Å². The van der Waals surface area contributed by atoms with Gasteiger partial charge in [-0.25, -0.2) is 9.18 Å². The van der Waals surface area contributed by atoms with E-state index >= 15 is 0 Å². The number of carbonyl (C=O) groups excluding carboxylic acids is 1. The molecule has 0 radical (unpaired) electrons. The van der Waals surface area contributed by atoms with Gasteiger partial charge in [-0.2, -0.15) is 0 Å². The van der Waals surface area contributed by atoms with Gasteiger partial charge in [-0.3, -0.25) is 0 Å². The van der Waals surface area contributed by atoms with Crippen molar-refractivity contribution in [3.8, 4) is 0 Å². The minimum Gasteiger partial charge on any atom is -0.380 e. The Hall–Kier alpha value is -1.68. The molecule has 2 rings (SSSR count). The lowest BCUT2D eigenvalue weighted by Crippen LogP contribution is -1.95. The van der Waals surface area contributed by atoms with Gasteiger partial charge in [-0.1, -0.05) is 36.4 Å². The predicted molar refractivity (Wildman–Crippen MR) is 67.2 cm³/mol. The second-order valence-corrected chi connectivity index (χ2v) is 3.35. The van der Waals surface area contributed by atoms with Crippen LogP contribution in [0.1, 0.15) is 10.4 Å². The highest BCUT2D eigenvalue weighted by atomic mass is 79.9. The van der Waals surface area contributed by atoms with Crippen molar-refractivity contribution in [2.75, 3.05) is 0 Å². The van der Waals surface area contributed by atoms with Gasteiger partial charge in [-0.15, -0.1) is 0 Å². The van der Waals surface area contributed by atoms with Crippen LogP contribution in [0.5, 0.6) is 0 Å². The molecule has 4 heteroatoms. The molecule has 0 aromatic heterocycles. The van der Waals surface area contributed by atoms with Gasteiger partial charge < -0.3 is 3.83 Å². The first-order valence-electron chi connectivity index (χ1n) is 4.82. The van der Waals surface area contributed by atoms with Crippen LogP contribution in [0.3, 0.4) is 0 Å². The summed E-state index contributed by atoms with van der Waals surface area (Å²) in [6.45, 7) is 0. The van der Waals surface area contributed by atoms with E-state index in [2.05, 4.69) is 20.1 Å². The van der Waals surface area contributed by atoms with Gasteiger partial charge in [0.15, 0.2) is 16.3 Å². The Morgan fingerprint density at radius 2 is 1.41 bits per heavy atom. The summed E-state index contributed by atoms with van der Waals surface area (Å²) in [7, 11) is 0. The molecule has 0 aliphatic rings. The Balaban J connectivity index is 0.000000181. The SMILES string of the molecule is Fc1ccccc1.O=C(OBr)c1ccccc1. The number of hydrogen-bond acceptors (Lipinski definition) is 2. The molecule has 0 saturated carbocycles. The van der Waals surface area contributed by atoms with Crippen molar-refractivity contribution in [1.29, 1.82) is 0 Å². The highest BCUT2D eigenvalue weighted by Gasteiger charge is 2.02. The number of benzene rings is 2. The Morgan fingerprint density at radius 1 is 0.941 bits per heavy atom. The first-order chi connectivity index (χ1) is 8.24.